The van der Waals surface area contributed by atoms with Gasteiger partial charge in [0.25, 0.3) is 0 Å². The van der Waals surface area contributed by atoms with Crippen LogP contribution in [0, 0.1) is 0 Å². The molecular formula is C18H19BrN2O3. The number of methoxy groups -OCH3 is 1. The lowest BCUT2D eigenvalue weighted by atomic mass is 10.0. The van der Waals surface area contributed by atoms with Crippen LogP contribution in [0.1, 0.15) is 11.1 Å². The molecular weight excluding hydrogens is 372 g/mol. The van der Waals surface area contributed by atoms with E-state index in [2.05, 4.69) is 26.6 Å². The second-order valence-corrected chi connectivity index (χ2v) is 6.56. The second kappa shape index (κ2) is 7.57. The van der Waals surface area contributed by atoms with Crippen LogP contribution in [-0.4, -0.2) is 25.8 Å². The number of rotatable bonds is 4. The fourth-order valence-corrected chi connectivity index (χ4v) is 3.10. The molecule has 1 aliphatic rings. The molecule has 0 saturated heterocycles. The lowest BCUT2D eigenvalue weighted by Gasteiger charge is -2.26. The molecule has 1 unspecified atom stereocenters. The smallest absolute Gasteiger partial charge is 0.315 e. The van der Waals surface area contributed by atoms with Gasteiger partial charge in [0.05, 0.1) is 13.2 Å². The number of hydrogen-bond acceptors (Lipinski definition) is 3. The zero-order valence-electron chi connectivity index (χ0n) is 13.3. The van der Waals surface area contributed by atoms with Crippen molar-refractivity contribution in [2.75, 3.05) is 13.7 Å². The maximum absolute atomic E-state index is 12.1. The Kier molecular flexibility index (Phi) is 5.25. The van der Waals surface area contributed by atoms with Crippen molar-refractivity contribution < 1.29 is 14.3 Å². The van der Waals surface area contributed by atoms with Crippen LogP contribution in [0.15, 0.2) is 46.9 Å². The number of halogens is 1. The molecule has 0 aromatic heterocycles. The summed E-state index contributed by atoms with van der Waals surface area (Å²) >= 11 is 3.42. The van der Waals surface area contributed by atoms with Crippen molar-refractivity contribution in [3.8, 4) is 11.5 Å². The first-order chi connectivity index (χ1) is 11.6. The number of nitrogens with one attached hydrogen (secondary N) is 2. The molecule has 24 heavy (non-hydrogen) atoms. The summed E-state index contributed by atoms with van der Waals surface area (Å²) in [6.07, 6.45) is 0.719. The number of carbonyl (C=O) groups is 1. The van der Waals surface area contributed by atoms with E-state index in [0.717, 1.165) is 33.5 Å². The van der Waals surface area contributed by atoms with E-state index in [9.17, 15) is 4.79 Å². The summed E-state index contributed by atoms with van der Waals surface area (Å²) in [5.41, 5.74) is 2.08. The minimum atomic E-state index is -0.199. The minimum Gasteiger partial charge on any atom is -0.497 e. The number of urea groups is 1. The molecule has 2 amide bonds. The van der Waals surface area contributed by atoms with E-state index in [0.29, 0.717) is 13.2 Å². The Bertz CT molecular complexity index is 736. The molecule has 1 aliphatic heterocycles. The number of amides is 2. The van der Waals surface area contributed by atoms with E-state index in [1.165, 1.54) is 0 Å². The molecule has 2 aromatic rings. The fourth-order valence-electron chi connectivity index (χ4n) is 2.66. The Labute approximate surface area is 149 Å². The molecule has 0 fully saturated rings. The van der Waals surface area contributed by atoms with Crippen molar-refractivity contribution in [1.29, 1.82) is 0 Å². The van der Waals surface area contributed by atoms with E-state index in [4.69, 9.17) is 9.47 Å². The van der Waals surface area contributed by atoms with Crippen molar-refractivity contribution in [2.24, 2.45) is 0 Å². The molecule has 6 heteroatoms. The fraction of sp³-hybridized carbons (Fsp3) is 0.278. The molecule has 0 radical (unpaired) electrons. The maximum Gasteiger partial charge on any atom is 0.315 e. The first kappa shape index (κ1) is 16.6. The van der Waals surface area contributed by atoms with E-state index < -0.39 is 0 Å². The van der Waals surface area contributed by atoms with Gasteiger partial charge in [-0.25, -0.2) is 4.79 Å². The quantitative estimate of drug-likeness (QED) is 0.841. The molecule has 0 aliphatic carbocycles. The van der Waals surface area contributed by atoms with E-state index in [-0.39, 0.29) is 12.1 Å². The van der Waals surface area contributed by atoms with E-state index in [1.807, 2.05) is 42.5 Å². The Morgan fingerprint density at radius 1 is 1.33 bits per heavy atom. The van der Waals surface area contributed by atoms with Crippen LogP contribution in [0.5, 0.6) is 11.5 Å². The number of hydrogen-bond donors (Lipinski definition) is 2. The predicted molar refractivity (Wildman–Crippen MR) is 95.5 cm³/mol. The SMILES string of the molecule is COc1ccc2c(c1)CC(NC(=O)NCc1cccc(Br)c1)CO2. The zero-order chi connectivity index (χ0) is 16.9. The standard InChI is InChI=1S/C18H19BrN2O3/c1-23-16-5-6-17-13(9-16)8-15(11-24-17)21-18(22)20-10-12-3-2-4-14(19)7-12/h2-7,9,15H,8,10-11H2,1H3,(H2,20,21,22). The highest BCUT2D eigenvalue weighted by Gasteiger charge is 2.21. The van der Waals surface area contributed by atoms with Crippen LogP contribution < -0.4 is 20.1 Å². The normalized spacial score (nSPS) is 15.8. The Balaban J connectivity index is 1.53. The number of benzene rings is 2. The average molecular weight is 391 g/mol. The summed E-state index contributed by atoms with van der Waals surface area (Å²) in [5.74, 6) is 1.64. The van der Waals surface area contributed by atoms with Gasteiger partial charge in [-0.2, -0.15) is 0 Å². The van der Waals surface area contributed by atoms with Gasteiger partial charge in [-0.1, -0.05) is 28.1 Å². The highest BCUT2D eigenvalue weighted by molar-refractivity contribution is 9.10. The third-order valence-corrected chi connectivity index (χ3v) is 4.34. The third-order valence-electron chi connectivity index (χ3n) is 3.85. The molecule has 1 heterocycles. The predicted octanol–water partition coefficient (Wildman–Crippen LogP) is 3.26. The number of carbonyl (C=O) groups excluding carboxylic acids is 1. The van der Waals surface area contributed by atoms with Gasteiger partial charge in [-0.3, -0.25) is 0 Å². The van der Waals surface area contributed by atoms with Gasteiger partial charge in [0.15, 0.2) is 0 Å². The van der Waals surface area contributed by atoms with Gasteiger partial charge < -0.3 is 20.1 Å². The zero-order valence-corrected chi connectivity index (χ0v) is 14.9. The van der Waals surface area contributed by atoms with Crippen molar-refractivity contribution in [1.82, 2.24) is 10.6 Å². The van der Waals surface area contributed by atoms with Crippen LogP contribution in [0.2, 0.25) is 0 Å². The molecule has 2 N–H and O–H groups in total. The van der Waals surface area contributed by atoms with E-state index in [1.54, 1.807) is 7.11 Å². The summed E-state index contributed by atoms with van der Waals surface area (Å²) < 4.78 is 11.9. The van der Waals surface area contributed by atoms with Gasteiger partial charge >= 0.3 is 6.03 Å². The topological polar surface area (TPSA) is 59.6 Å². The minimum absolute atomic E-state index is 0.0629. The van der Waals surface area contributed by atoms with Gasteiger partial charge in [-0.15, -0.1) is 0 Å². The molecule has 0 spiro atoms. The monoisotopic (exact) mass is 390 g/mol. The van der Waals surface area contributed by atoms with Gasteiger partial charge in [0.2, 0.25) is 0 Å². The Morgan fingerprint density at radius 3 is 3.00 bits per heavy atom. The molecule has 2 aromatic carbocycles. The van der Waals surface area contributed by atoms with Gasteiger partial charge in [0, 0.05) is 11.0 Å². The number of fused-ring (bicyclic) bond motifs is 1. The van der Waals surface area contributed by atoms with Crippen molar-refractivity contribution in [3.63, 3.8) is 0 Å². The van der Waals surface area contributed by atoms with Gasteiger partial charge in [-0.05, 0) is 47.9 Å². The van der Waals surface area contributed by atoms with Crippen molar-refractivity contribution in [3.05, 3.63) is 58.1 Å². The summed E-state index contributed by atoms with van der Waals surface area (Å²) in [6.45, 7) is 0.937. The lowest BCUT2D eigenvalue weighted by molar-refractivity contribution is 0.214. The van der Waals surface area contributed by atoms with Crippen LogP contribution in [0.25, 0.3) is 0 Å². The highest BCUT2D eigenvalue weighted by Crippen LogP contribution is 2.28. The largest absolute Gasteiger partial charge is 0.497 e. The highest BCUT2D eigenvalue weighted by atomic mass is 79.9. The lowest BCUT2D eigenvalue weighted by Crippen LogP contribution is -2.47. The summed E-state index contributed by atoms with van der Waals surface area (Å²) in [6, 6.07) is 13.3. The average Bonchev–Trinajstić information content (AvgIpc) is 2.59. The van der Waals surface area contributed by atoms with Crippen LogP contribution in [0.4, 0.5) is 4.79 Å². The first-order valence-corrected chi connectivity index (χ1v) is 8.52. The molecule has 0 bridgehead atoms. The molecule has 3 rings (SSSR count). The summed E-state index contributed by atoms with van der Waals surface area (Å²) in [4.78, 5) is 12.1. The van der Waals surface area contributed by atoms with Crippen molar-refractivity contribution in [2.45, 2.75) is 19.0 Å². The first-order valence-electron chi connectivity index (χ1n) is 7.72. The number of ether oxygens (including phenoxy) is 2. The maximum atomic E-state index is 12.1. The van der Waals surface area contributed by atoms with E-state index >= 15 is 0 Å². The van der Waals surface area contributed by atoms with Crippen LogP contribution >= 0.6 is 15.9 Å². The molecule has 1 atom stereocenters. The second-order valence-electron chi connectivity index (χ2n) is 5.64. The van der Waals surface area contributed by atoms with Crippen molar-refractivity contribution >= 4 is 22.0 Å². The summed E-state index contributed by atoms with van der Waals surface area (Å²) in [7, 11) is 1.64. The Morgan fingerprint density at radius 2 is 2.21 bits per heavy atom. The molecule has 5 nitrogen and oxygen atoms in total. The molecule has 0 saturated carbocycles. The van der Waals surface area contributed by atoms with Crippen LogP contribution in [-0.2, 0) is 13.0 Å². The third kappa shape index (κ3) is 4.20. The molecule has 126 valence electrons. The van der Waals surface area contributed by atoms with Gasteiger partial charge in [0.1, 0.15) is 18.1 Å². The van der Waals surface area contributed by atoms with Crippen LogP contribution in [0.3, 0.4) is 0 Å². The summed E-state index contributed by atoms with van der Waals surface area (Å²) in [5, 5.41) is 5.82. The Hall–Kier alpha value is -2.21.